The van der Waals surface area contributed by atoms with E-state index in [0.29, 0.717) is 23.7 Å². The van der Waals surface area contributed by atoms with E-state index < -0.39 is 0 Å². The van der Waals surface area contributed by atoms with Crippen LogP contribution in [0.4, 0.5) is 0 Å². The Morgan fingerprint density at radius 3 is 2.24 bits per heavy atom. The van der Waals surface area contributed by atoms with Crippen molar-refractivity contribution in [1.29, 1.82) is 0 Å². The van der Waals surface area contributed by atoms with Crippen LogP contribution in [0.3, 0.4) is 0 Å². The molecule has 190 valence electrons. The highest BCUT2D eigenvalue weighted by molar-refractivity contribution is 5.20. The molecule has 0 heterocycles. The van der Waals surface area contributed by atoms with Crippen molar-refractivity contribution < 1.29 is 15.3 Å². The summed E-state index contributed by atoms with van der Waals surface area (Å²) in [5.41, 5.74) is 1.13. The molecule has 33 heavy (non-hydrogen) atoms. The summed E-state index contributed by atoms with van der Waals surface area (Å²) in [5, 5.41) is 34.3. The zero-order chi connectivity index (χ0) is 24.6. The van der Waals surface area contributed by atoms with E-state index in [4.69, 9.17) is 0 Å². The van der Waals surface area contributed by atoms with Gasteiger partial charge in [0.25, 0.3) is 0 Å². The average Bonchev–Trinajstić information content (AvgIpc) is 3.07. The zero-order valence-corrected chi connectivity index (χ0v) is 22.7. The largest absolute Gasteiger partial charge is 0.393 e. The first kappa shape index (κ1) is 25.7. The minimum absolute atomic E-state index is 0.0221. The Hall–Kier alpha value is -0.380. The van der Waals surface area contributed by atoms with Crippen LogP contribution in [0.15, 0.2) is 11.6 Å². The van der Waals surface area contributed by atoms with Crippen LogP contribution in [0.5, 0.6) is 0 Å². The fourth-order valence-electron chi connectivity index (χ4n) is 10.5. The third kappa shape index (κ3) is 3.61. The lowest BCUT2D eigenvalue weighted by atomic mass is 9.34. The first-order valence-corrected chi connectivity index (χ1v) is 13.9. The van der Waals surface area contributed by atoms with Gasteiger partial charge >= 0.3 is 0 Å². The van der Waals surface area contributed by atoms with Crippen molar-refractivity contribution in [2.75, 3.05) is 0 Å². The molecule has 3 heteroatoms. The van der Waals surface area contributed by atoms with Gasteiger partial charge in [-0.15, -0.1) is 0 Å². The van der Waals surface area contributed by atoms with Crippen LogP contribution in [0.25, 0.3) is 0 Å². The highest BCUT2D eigenvalue weighted by Gasteiger charge is 2.72. The number of rotatable bonds is 4. The van der Waals surface area contributed by atoms with Crippen molar-refractivity contribution >= 4 is 0 Å². The summed E-state index contributed by atoms with van der Waals surface area (Å²) in [5.74, 6) is 1.99. The van der Waals surface area contributed by atoms with Gasteiger partial charge in [0.1, 0.15) is 0 Å². The molecular weight excluding hydrogens is 408 g/mol. The van der Waals surface area contributed by atoms with Crippen LogP contribution in [0.1, 0.15) is 107 Å². The zero-order valence-electron chi connectivity index (χ0n) is 22.7. The van der Waals surface area contributed by atoms with Crippen LogP contribution in [0, 0.1) is 51.2 Å². The molecule has 0 saturated heterocycles. The van der Waals surface area contributed by atoms with Gasteiger partial charge in [-0.1, -0.05) is 53.2 Å². The van der Waals surface area contributed by atoms with Gasteiger partial charge in [-0.3, -0.25) is 0 Å². The topological polar surface area (TPSA) is 60.7 Å². The molecule has 0 bridgehead atoms. The molecule has 4 saturated carbocycles. The molecule has 4 fully saturated rings. The molecule has 4 aliphatic rings. The standard InChI is InChI=1S/C30H52O3/c1-18(2)10-9-11-19(3)20-12-15-29(7)25(20)21(31)16-23-28(6)14-13-24(33)27(4,5)26(28)22(32)17-30(23,29)8/h10,19-26,31-33H,9,11-17H2,1-8H3/t19-,20-,21-,22+,23-,24+,25+,26+,28-,29-,30-/m1/s1. The Morgan fingerprint density at radius 2 is 1.61 bits per heavy atom. The van der Waals surface area contributed by atoms with E-state index in [9.17, 15) is 15.3 Å². The molecule has 0 amide bonds. The van der Waals surface area contributed by atoms with Crippen LogP contribution in [0.2, 0.25) is 0 Å². The monoisotopic (exact) mass is 460 g/mol. The van der Waals surface area contributed by atoms with Gasteiger partial charge in [0.15, 0.2) is 0 Å². The number of aliphatic hydroxyl groups excluding tert-OH is 3. The third-order valence-electron chi connectivity index (χ3n) is 12.2. The SMILES string of the molecule is CC(C)=CCC[C@@H](C)[C@H]1CC[C@]2(C)[C@@H]1[C@H](O)C[C@@H]1[C@@]3(C)CC[C@H](O)C(C)(C)[C@@H]3[C@@H](O)C[C@]12C. The van der Waals surface area contributed by atoms with E-state index >= 15 is 0 Å². The summed E-state index contributed by atoms with van der Waals surface area (Å²) in [7, 11) is 0. The maximum absolute atomic E-state index is 11.8. The van der Waals surface area contributed by atoms with E-state index in [1.807, 2.05) is 0 Å². The molecule has 0 aromatic carbocycles. The minimum atomic E-state index is -0.386. The van der Waals surface area contributed by atoms with Crippen molar-refractivity contribution in [3.63, 3.8) is 0 Å². The van der Waals surface area contributed by atoms with Gasteiger partial charge in [-0.25, -0.2) is 0 Å². The Kier molecular flexibility index (Phi) is 6.50. The quantitative estimate of drug-likeness (QED) is 0.428. The molecule has 0 unspecified atom stereocenters. The summed E-state index contributed by atoms with van der Waals surface area (Å²) in [4.78, 5) is 0. The molecule has 0 radical (unpaired) electrons. The summed E-state index contributed by atoms with van der Waals surface area (Å²) in [6.45, 7) is 18.4. The molecule has 0 spiro atoms. The molecule has 3 N–H and O–H groups in total. The second-order valence-electron chi connectivity index (χ2n) is 14.4. The first-order valence-electron chi connectivity index (χ1n) is 13.9. The Labute approximate surface area is 203 Å². The Balaban J connectivity index is 1.67. The fourth-order valence-corrected chi connectivity index (χ4v) is 10.5. The first-order chi connectivity index (χ1) is 15.2. The second-order valence-corrected chi connectivity index (χ2v) is 14.4. The van der Waals surface area contributed by atoms with Crippen LogP contribution < -0.4 is 0 Å². The average molecular weight is 461 g/mol. The lowest BCUT2D eigenvalue weighted by Crippen LogP contribution is -2.69. The number of fused-ring (bicyclic) bond motifs is 5. The van der Waals surface area contributed by atoms with Gasteiger partial charge in [0.05, 0.1) is 18.3 Å². The van der Waals surface area contributed by atoms with Crippen molar-refractivity contribution in [1.82, 2.24) is 0 Å². The van der Waals surface area contributed by atoms with Crippen molar-refractivity contribution in [2.24, 2.45) is 51.2 Å². The van der Waals surface area contributed by atoms with Gasteiger partial charge in [0.2, 0.25) is 0 Å². The number of hydrogen-bond acceptors (Lipinski definition) is 3. The lowest BCUT2D eigenvalue weighted by molar-refractivity contribution is -0.271. The van der Waals surface area contributed by atoms with Crippen molar-refractivity contribution in [3.8, 4) is 0 Å². The number of hydrogen-bond donors (Lipinski definition) is 3. The predicted octanol–water partition coefficient (Wildman–Crippen LogP) is 6.36. The van der Waals surface area contributed by atoms with E-state index in [1.165, 1.54) is 24.8 Å². The normalized spacial score (nSPS) is 51.8. The summed E-state index contributed by atoms with van der Waals surface area (Å²) in [6.07, 6.45) is 9.49. The van der Waals surface area contributed by atoms with Gasteiger partial charge < -0.3 is 15.3 Å². The molecule has 4 rings (SSSR count). The molecule has 0 aromatic rings. The molecule has 4 aliphatic carbocycles. The predicted molar refractivity (Wildman–Crippen MR) is 136 cm³/mol. The van der Waals surface area contributed by atoms with Crippen molar-refractivity contribution in [3.05, 3.63) is 11.6 Å². The molecule has 0 aromatic heterocycles. The molecule has 0 aliphatic heterocycles. The van der Waals surface area contributed by atoms with E-state index in [1.54, 1.807) is 0 Å². The van der Waals surface area contributed by atoms with Gasteiger partial charge in [-0.05, 0) is 116 Å². The van der Waals surface area contributed by atoms with Crippen LogP contribution >= 0.6 is 0 Å². The van der Waals surface area contributed by atoms with Gasteiger partial charge in [0, 0.05) is 0 Å². The minimum Gasteiger partial charge on any atom is -0.393 e. The smallest absolute Gasteiger partial charge is 0.0595 e. The number of allylic oxidation sites excluding steroid dienone is 2. The summed E-state index contributed by atoms with van der Waals surface area (Å²) in [6, 6.07) is 0. The number of aliphatic hydroxyl groups is 3. The van der Waals surface area contributed by atoms with E-state index in [0.717, 1.165) is 32.1 Å². The maximum Gasteiger partial charge on any atom is 0.0595 e. The lowest BCUT2D eigenvalue weighted by Gasteiger charge is -2.71. The van der Waals surface area contributed by atoms with E-state index in [2.05, 4.69) is 61.5 Å². The van der Waals surface area contributed by atoms with E-state index in [-0.39, 0.29) is 45.9 Å². The van der Waals surface area contributed by atoms with Crippen LogP contribution in [-0.4, -0.2) is 33.6 Å². The molecule has 3 nitrogen and oxygen atoms in total. The van der Waals surface area contributed by atoms with Crippen LogP contribution in [-0.2, 0) is 0 Å². The highest BCUT2D eigenvalue weighted by Crippen LogP contribution is 2.75. The second kappa shape index (κ2) is 8.34. The third-order valence-corrected chi connectivity index (χ3v) is 12.2. The maximum atomic E-state index is 11.8. The fraction of sp³-hybridized carbons (Fsp3) is 0.933. The van der Waals surface area contributed by atoms with Crippen molar-refractivity contribution in [2.45, 2.75) is 125 Å². The molecular formula is C30H52O3. The molecule has 11 atom stereocenters. The highest BCUT2D eigenvalue weighted by atomic mass is 16.3. The summed E-state index contributed by atoms with van der Waals surface area (Å²) < 4.78 is 0. The summed E-state index contributed by atoms with van der Waals surface area (Å²) >= 11 is 0. The Morgan fingerprint density at radius 1 is 0.939 bits per heavy atom. The van der Waals surface area contributed by atoms with Gasteiger partial charge in [-0.2, -0.15) is 0 Å². The Bertz CT molecular complexity index is 769.